The first-order valence-electron chi connectivity index (χ1n) is 9.46. The van der Waals surface area contributed by atoms with Crippen molar-refractivity contribution in [3.8, 4) is 0 Å². The maximum atomic E-state index is 6.06. The van der Waals surface area contributed by atoms with E-state index in [1.807, 2.05) is 24.4 Å². The number of aromatic nitrogens is 1. The van der Waals surface area contributed by atoms with Crippen LogP contribution in [0.25, 0.3) is 5.57 Å². The van der Waals surface area contributed by atoms with E-state index >= 15 is 0 Å². The van der Waals surface area contributed by atoms with Gasteiger partial charge in [0.25, 0.3) is 0 Å². The molecule has 4 rings (SSSR count). The van der Waals surface area contributed by atoms with Gasteiger partial charge in [0.2, 0.25) is 0 Å². The van der Waals surface area contributed by atoms with Crippen molar-refractivity contribution in [1.29, 1.82) is 0 Å². The van der Waals surface area contributed by atoms with Gasteiger partial charge in [0.1, 0.15) is 0 Å². The number of rotatable bonds is 4. The van der Waals surface area contributed by atoms with E-state index in [0.29, 0.717) is 6.04 Å². The quantitative estimate of drug-likeness (QED) is 0.669. The SMILES string of the molecule is Clc1ccc(C2=CC(c3ccc[nH]3)=NC2=CNC2CCCCCC2)cc1. The summed E-state index contributed by atoms with van der Waals surface area (Å²) in [5.74, 6) is 0. The summed E-state index contributed by atoms with van der Waals surface area (Å²) >= 11 is 6.06. The van der Waals surface area contributed by atoms with Gasteiger partial charge < -0.3 is 10.3 Å². The normalized spacial score (nSPS) is 20.0. The summed E-state index contributed by atoms with van der Waals surface area (Å²) in [6.45, 7) is 0. The highest BCUT2D eigenvalue weighted by Gasteiger charge is 2.19. The second-order valence-electron chi connectivity index (χ2n) is 7.03. The third-order valence-corrected chi connectivity index (χ3v) is 5.39. The lowest BCUT2D eigenvalue weighted by molar-refractivity contribution is 0.516. The highest BCUT2D eigenvalue weighted by molar-refractivity contribution is 6.30. The Balaban J connectivity index is 1.61. The van der Waals surface area contributed by atoms with Crippen LogP contribution in [0.2, 0.25) is 5.02 Å². The molecule has 2 aromatic rings. The van der Waals surface area contributed by atoms with E-state index in [0.717, 1.165) is 33.3 Å². The molecule has 2 heterocycles. The van der Waals surface area contributed by atoms with Crippen LogP contribution < -0.4 is 5.32 Å². The Morgan fingerprint density at radius 2 is 1.81 bits per heavy atom. The van der Waals surface area contributed by atoms with Crippen LogP contribution in [0, 0.1) is 0 Å². The Morgan fingerprint density at radius 1 is 1.04 bits per heavy atom. The van der Waals surface area contributed by atoms with Gasteiger partial charge in [-0.3, -0.25) is 0 Å². The van der Waals surface area contributed by atoms with E-state index in [9.17, 15) is 0 Å². The van der Waals surface area contributed by atoms with Gasteiger partial charge in [-0.2, -0.15) is 0 Å². The minimum atomic E-state index is 0.557. The van der Waals surface area contributed by atoms with Crippen LogP contribution in [0.4, 0.5) is 0 Å². The molecule has 1 aliphatic carbocycles. The lowest BCUT2D eigenvalue weighted by Gasteiger charge is -2.15. The van der Waals surface area contributed by atoms with Crippen molar-refractivity contribution in [1.82, 2.24) is 10.3 Å². The highest BCUT2D eigenvalue weighted by atomic mass is 35.5. The first-order valence-corrected chi connectivity index (χ1v) is 9.84. The van der Waals surface area contributed by atoms with Crippen LogP contribution in [0.15, 0.2) is 65.6 Å². The molecule has 1 aromatic heterocycles. The summed E-state index contributed by atoms with van der Waals surface area (Å²) in [7, 11) is 0. The van der Waals surface area contributed by atoms with Crippen molar-refractivity contribution in [2.24, 2.45) is 4.99 Å². The molecule has 1 aliphatic heterocycles. The molecule has 3 nitrogen and oxygen atoms in total. The second kappa shape index (κ2) is 7.96. The van der Waals surface area contributed by atoms with Crippen molar-refractivity contribution < 1.29 is 0 Å². The molecular formula is C22H24ClN3. The molecule has 1 fully saturated rings. The van der Waals surface area contributed by atoms with Crippen molar-refractivity contribution >= 4 is 22.9 Å². The number of allylic oxidation sites excluding steroid dienone is 2. The number of benzene rings is 1. The van der Waals surface area contributed by atoms with Gasteiger partial charge in [0.15, 0.2) is 0 Å². The van der Waals surface area contributed by atoms with Crippen molar-refractivity contribution in [2.75, 3.05) is 0 Å². The van der Waals surface area contributed by atoms with Gasteiger partial charge in [0.05, 0.1) is 17.1 Å². The lowest BCUT2D eigenvalue weighted by atomic mass is 10.0. The van der Waals surface area contributed by atoms with Crippen molar-refractivity contribution in [3.05, 3.63) is 76.8 Å². The number of nitrogens with one attached hydrogen (secondary N) is 2. The first-order chi connectivity index (χ1) is 12.8. The first kappa shape index (κ1) is 17.2. The molecule has 4 heteroatoms. The Hall–Kier alpha value is -2.26. The Labute approximate surface area is 159 Å². The minimum absolute atomic E-state index is 0.557. The number of H-pyrrole nitrogens is 1. The molecular weight excluding hydrogens is 342 g/mol. The summed E-state index contributed by atoms with van der Waals surface area (Å²) in [4.78, 5) is 8.13. The predicted octanol–water partition coefficient (Wildman–Crippen LogP) is 5.71. The zero-order chi connectivity index (χ0) is 17.8. The third-order valence-electron chi connectivity index (χ3n) is 5.14. The van der Waals surface area contributed by atoms with Gasteiger partial charge in [-0.05, 0) is 48.7 Å². The monoisotopic (exact) mass is 365 g/mol. The second-order valence-corrected chi connectivity index (χ2v) is 7.47. The van der Waals surface area contributed by atoms with E-state index in [-0.39, 0.29) is 0 Å². The Morgan fingerprint density at radius 3 is 2.50 bits per heavy atom. The van der Waals surface area contributed by atoms with Gasteiger partial charge in [0, 0.05) is 29.0 Å². The number of aromatic amines is 1. The fourth-order valence-corrected chi connectivity index (χ4v) is 3.80. The fourth-order valence-electron chi connectivity index (χ4n) is 3.67. The van der Waals surface area contributed by atoms with E-state index in [2.05, 4.69) is 40.8 Å². The molecule has 2 aliphatic rings. The van der Waals surface area contributed by atoms with Crippen LogP contribution in [-0.2, 0) is 0 Å². The molecule has 2 N–H and O–H groups in total. The van der Waals surface area contributed by atoms with E-state index < -0.39 is 0 Å². The van der Waals surface area contributed by atoms with Crippen molar-refractivity contribution in [3.63, 3.8) is 0 Å². The third kappa shape index (κ3) is 3.94. The van der Waals surface area contributed by atoms with E-state index in [1.54, 1.807) is 0 Å². The summed E-state index contributed by atoms with van der Waals surface area (Å²) in [6.07, 6.45) is 14.0. The molecule has 0 atom stereocenters. The lowest BCUT2D eigenvalue weighted by Crippen LogP contribution is -2.23. The van der Waals surface area contributed by atoms with E-state index in [1.165, 1.54) is 38.5 Å². The maximum absolute atomic E-state index is 6.06. The molecule has 0 bridgehead atoms. The predicted molar refractivity (Wildman–Crippen MR) is 109 cm³/mol. The number of nitrogens with zero attached hydrogens (tertiary/aromatic N) is 1. The van der Waals surface area contributed by atoms with Crippen molar-refractivity contribution in [2.45, 2.75) is 44.6 Å². The largest absolute Gasteiger partial charge is 0.386 e. The molecule has 26 heavy (non-hydrogen) atoms. The molecule has 0 spiro atoms. The van der Waals surface area contributed by atoms with E-state index in [4.69, 9.17) is 16.6 Å². The Kier molecular flexibility index (Phi) is 5.26. The number of hydrogen-bond acceptors (Lipinski definition) is 2. The molecule has 0 amide bonds. The standard InChI is InChI=1S/C22H24ClN3/c23-17-11-9-16(10-12-17)19-14-21(20-8-5-13-24-20)26-22(19)15-25-18-6-3-1-2-4-7-18/h5,8-15,18,24-25H,1-4,6-7H2. The average Bonchev–Trinajstić information content (AvgIpc) is 3.25. The van der Waals surface area contributed by atoms with Gasteiger partial charge in [-0.1, -0.05) is 49.4 Å². The number of aliphatic imine (C=N–C) groups is 1. The summed E-state index contributed by atoms with van der Waals surface area (Å²) < 4.78 is 0. The molecule has 0 radical (unpaired) electrons. The van der Waals surface area contributed by atoms with Gasteiger partial charge in [-0.15, -0.1) is 0 Å². The average molecular weight is 366 g/mol. The number of halogens is 1. The van der Waals surface area contributed by atoms with Gasteiger partial charge in [-0.25, -0.2) is 4.99 Å². The van der Waals surface area contributed by atoms with Crippen LogP contribution >= 0.6 is 11.6 Å². The van der Waals surface area contributed by atoms with Crippen LogP contribution in [0.5, 0.6) is 0 Å². The van der Waals surface area contributed by atoms with Crippen LogP contribution in [0.1, 0.15) is 49.8 Å². The van der Waals surface area contributed by atoms with Crippen LogP contribution in [-0.4, -0.2) is 16.7 Å². The number of hydrogen-bond donors (Lipinski definition) is 2. The molecule has 0 unspecified atom stereocenters. The van der Waals surface area contributed by atoms with Gasteiger partial charge >= 0.3 is 0 Å². The highest BCUT2D eigenvalue weighted by Crippen LogP contribution is 2.31. The summed E-state index contributed by atoms with van der Waals surface area (Å²) in [5.41, 5.74) is 5.25. The smallest absolute Gasteiger partial charge is 0.0879 e. The summed E-state index contributed by atoms with van der Waals surface area (Å²) in [5, 5.41) is 4.38. The zero-order valence-corrected chi connectivity index (χ0v) is 15.6. The Bertz CT molecular complexity index is 821. The zero-order valence-electron chi connectivity index (χ0n) is 14.8. The topological polar surface area (TPSA) is 40.2 Å². The molecule has 1 aromatic carbocycles. The maximum Gasteiger partial charge on any atom is 0.0879 e. The molecule has 0 saturated heterocycles. The molecule has 1 saturated carbocycles. The van der Waals surface area contributed by atoms with Crippen LogP contribution in [0.3, 0.4) is 0 Å². The molecule has 134 valence electrons. The summed E-state index contributed by atoms with van der Waals surface area (Å²) in [6, 6.07) is 12.6. The minimum Gasteiger partial charge on any atom is -0.386 e. The fraction of sp³-hybridized carbons (Fsp3) is 0.318.